The SMILES string of the molecule is CSc1nc(C)c(CCC(=O)Nc2nc(-c3ccc(NC(C)=O)cc3F)cs2)c(=O)[nH]1. The Balaban J connectivity index is 1.64. The molecule has 2 heterocycles. The van der Waals surface area contributed by atoms with Crippen LogP contribution < -0.4 is 16.2 Å². The van der Waals surface area contributed by atoms with Crippen LogP contribution in [0.2, 0.25) is 0 Å². The topological polar surface area (TPSA) is 117 Å². The summed E-state index contributed by atoms with van der Waals surface area (Å²) in [6.45, 7) is 3.08. The predicted molar refractivity (Wildman–Crippen MR) is 120 cm³/mol. The van der Waals surface area contributed by atoms with Gasteiger partial charge in [0.1, 0.15) is 5.82 Å². The van der Waals surface area contributed by atoms with Crippen LogP contribution >= 0.6 is 23.1 Å². The first kappa shape index (κ1) is 22.6. The molecule has 0 atom stereocenters. The maximum absolute atomic E-state index is 14.4. The molecule has 0 aliphatic heterocycles. The van der Waals surface area contributed by atoms with Crippen LogP contribution in [0.15, 0.2) is 33.5 Å². The highest BCUT2D eigenvalue weighted by Gasteiger charge is 2.14. The molecule has 0 saturated heterocycles. The summed E-state index contributed by atoms with van der Waals surface area (Å²) in [5.74, 6) is -1.14. The number of anilines is 2. The van der Waals surface area contributed by atoms with Gasteiger partial charge in [0.15, 0.2) is 10.3 Å². The minimum Gasteiger partial charge on any atom is -0.326 e. The van der Waals surface area contributed by atoms with Gasteiger partial charge in [0.25, 0.3) is 5.56 Å². The third kappa shape index (κ3) is 5.76. The van der Waals surface area contributed by atoms with E-state index in [0.29, 0.717) is 32.9 Å². The van der Waals surface area contributed by atoms with Gasteiger partial charge in [-0.25, -0.2) is 14.4 Å². The second-order valence-electron chi connectivity index (χ2n) is 6.60. The molecule has 2 aromatic heterocycles. The van der Waals surface area contributed by atoms with Gasteiger partial charge in [-0.3, -0.25) is 14.4 Å². The van der Waals surface area contributed by atoms with E-state index in [2.05, 4.69) is 25.6 Å². The smallest absolute Gasteiger partial charge is 0.254 e. The number of aromatic nitrogens is 3. The van der Waals surface area contributed by atoms with Gasteiger partial charge in [-0.1, -0.05) is 11.8 Å². The average molecular weight is 462 g/mol. The fourth-order valence-electron chi connectivity index (χ4n) is 2.85. The van der Waals surface area contributed by atoms with E-state index >= 15 is 0 Å². The predicted octanol–water partition coefficient (Wildman–Crippen LogP) is 3.59. The lowest BCUT2D eigenvalue weighted by Crippen LogP contribution is -2.20. The Labute approximate surface area is 185 Å². The molecule has 0 unspecified atom stereocenters. The fraction of sp³-hybridized carbons (Fsp3) is 0.250. The number of carbonyl (C=O) groups excluding carboxylic acids is 2. The van der Waals surface area contributed by atoms with Crippen molar-refractivity contribution >= 4 is 45.7 Å². The second-order valence-corrected chi connectivity index (χ2v) is 8.25. The third-order valence-electron chi connectivity index (χ3n) is 4.31. The van der Waals surface area contributed by atoms with E-state index in [0.717, 1.165) is 0 Å². The highest BCUT2D eigenvalue weighted by Crippen LogP contribution is 2.28. The molecule has 1 aromatic carbocycles. The number of thioether (sulfide) groups is 1. The van der Waals surface area contributed by atoms with Crippen molar-refractivity contribution in [3.8, 4) is 11.3 Å². The van der Waals surface area contributed by atoms with Crippen LogP contribution in [0.25, 0.3) is 11.3 Å². The van der Waals surface area contributed by atoms with E-state index in [-0.39, 0.29) is 35.8 Å². The number of aromatic amines is 1. The molecular weight excluding hydrogens is 441 g/mol. The largest absolute Gasteiger partial charge is 0.326 e. The number of nitrogens with zero attached hydrogens (tertiary/aromatic N) is 2. The fourth-order valence-corrected chi connectivity index (χ4v) is 4.00. The standard InChI is InChI=1S/C20H20FN5O3S2/c1-10-13(18(29)26-19(22-10)30-3)6-7-17(28)25-20-24-16(9-31-20)14-5-4-12(8-15(14)21)23-11(2)27/h4-5,8-9H,6-7H2,1-3H3,(H,23,27)(H,22,26,29)(H,24,25,28). The van der Waals surface area contributed by atoms with E-state index in [9.17, 15) is 18.8 Å². The van der Waals surface area contributed by atoms with Gasteiger partial charge < -0.3 is 15.6 Å². The molecule has 0 aliphatic rings. The molecular formula is C20H20FN5O3S2. The number of aryl methyl sites for hydroxylation is 1. The van der Waals surface area contributed by atoms with Gasteiger partial charge >= 0.3 is 0 Å². The minimum atomic E-state index is -0.537. The molecule has 3 N–H and O–H groups in total. The number of amides is 2. The first-order valence-corrected chi connectivity index (χ1v) is 11.3. The average Bonchev–Trinajstić information content (AvgIpc) is 3.14. The summed E-state index contributed by atoms with van der Waals surface area (Å²) in [6, 6.07) is 4.31. The molecule has 0 radical (unpaired) electrons. The second kappa shape index (κ2) is 9.84. The van der Waals surface area contributed by atoms with Crippen molar-refractivity contribution in [3.63, 3.8) is 0 Å². The quantitative estimate of drug-likeness (QED) is 0.366. The van der Waals surface area contributed by atoms with Crippen LogP contribution in [0.3, 0.4) is 0 Å². The van der Waals surface area contributed by atoms with E-state index in [1.54, 1.807) is 18.4 Å². The van der Waals surface area contributed by atoms with Crippen LogP contribution in [0.1, 0.15) is 24.6 Å². The van der Waals surface area contributed by atoms with Gasteiger partial charge in [-0.15, -0.1) is 11.3 Å². The van der Waals surface area contributed by atoms with E-state index in [1.165, 1.54) is 42.2 Å². The Hall–Kier alpha value is -3.05. The van der Waals surface area contributed by atoms with Gasteiger partial charge in [0.2, 0.25) is 11.8 Å². The molecule has 0 spiro atoms. The van der Waals surface area contributed by atoms with Gasteiger partial charge in [0, 0.05) is 41.2 Å². The van der Waals surface area contributed by atoms with Crippen molar-refractivity contribution < 1.29 is 14.0 Å². The number of halogens is 1. The molecule has 0 bridgehead atoms. The number of hydrogen-bond donors (Lipinski definition) is 3. The van der Waals surface area contributed by atoms with Crippen LogP contribution in [0.4, 0.5) is 15.2 Å². The molecule has 3 rings (SSSR count). The molecule has 3 aromatic rings. The first-order chi connectivity index (χ1) is 14.8. The first-order valence-electron chi connectivity index (χ1n) is 9.23. The molecule has 11 heteroatoms. The molecule has 162 valence electrons. The lowest BCUT2D eigenvalue weighted by Gasteiger charge is -2.06. The number of hydrogen-bond acceptors (Lipinski definition) is 7. The van der Waals surface area contributed by atoms with Crippen LogP contribution in [-0.4, -0.2) is 33.0 Å². The summed E-state index contributed by atoms with van der Waals surface area (Å²) in [4.78, 5) is 46.8. The number of rotatable bonds is 7. The maximum atomic E-state index is 14.4. The zero-order chi connectivity index (χ0) is 22.5. The van der Waals surface area contributed by atoms with Crippen molar-refractivity contribution in [3.05, 3.63) is 51.0 Å². The lowest BCUT2D eigenvalue weighted by atomic mass is 10.1. The molecule has 31 heavy (non-hydrogen) atoms. The Morgan fingerprint density at radius 2 is 2.03 bits per heavy atom. The summed E-state index contributed by atoms with van der Waals surface area (Å²) in [5, 5.41) is 7.67. The zero-order valence-electron chi connectivity index (χ0n) is 17.0. The monoisotopic (exact) mass is 461 g/mol. The van der Waals surface area contributed by atoms with Crippen LogP contribution in [0, 0.1) is 12.7 Å². The zero-order valence-corrected chi connectivity index (χ0v) is 18.7. The normalized spacial score (nSPS) is 10.7. The molecule has 0 aliphatic carbocycles. The van der Waals surface area contributed by atoms with E-state index < -0.39 is 5.82 Å². The van der Waals surface area contributed by atoms with Crippen molar-refractivity contribution in [1.82, 2.24) is 15.0 Å². The summed E-state index contributed by atoms with van der Waals surface area (Å²) in [7, 11) is 0. The van der Waals surface area contributed by atoms with Crippen LogP contribution in [-0.2, 0) is 16.0 Å². The molecule has 0 saturated carbocycles. The van der Waals surface area contributed by atoms with Crippen molar-refractivity contribution in [1.29, 1.82) is 0 Å². The Bertz CT molecular complexity index is 1190. The number of nitrogens with one attached hydrogen (secondary N) is 3. The Morgan fingerprint density at radius 1 is 1.26 bits per heavy atom. The highest BCUT2D eigenvalue weighted by molar-refractivity contribution is 7.98. The number of H-pyrrole nitrogens is 1. The third-order valence-corrected chi connectivity index (χ3v) is 5.65. The highest BCUT2D eigenvalue weighted by atomic mass is 32.2. The van der Waals surface area contributed by atoms with Gasteiger partial charge in [0.05, 0.1) is 5.69 Å². The molecule has 2 amide bonds. The van der Waals surface area contributed by atoms with Crippen LogP contribution in [0.5, 0.6) is 0 Å². The van der Waals surface area contributed by atoms with Gasteiger partial charge in [-0.2, -0.15) is 0 Å². The summed E-state index contributed by atoms with van der Waals surface area (Å²) in [5.41, 5.74) is 1.79. The number of benzene rings is 1. The minimum absolute atomic E-state index is 0.0822. The maximum Gasteiger partial charge on any atom is 0.254 e. The van der Waals surface area contributed by atoms with E-state index in [4.69, 9.17) is 0 Å². The molecule has 0 fully saturated rings. The summed E-state index contributed by atoms with van der Waals surface area (Å²) < 4.78 is 14.4. The van der Waals surface area contributed by atoms with Crippen molar-refractivity contribution in [2.45, 2.75) is 31.8 Å². The van der Waals surface area contributed by atoms with Crippen molar-refractivity contribution in [2.75, 3.05) is 16.9 Å². The Kier molecular flexibility index (Phi) is 7.18. The van der Waals surface area contributed by atoms with E-state index in [1.807, 2.05) is 6.26 Å². The lowest BCUT2D eigenvalue weighted by molar-refractivity contribution is -0.116. The molecule has 8 nitrogen and oxygen atoms in total. The Morgan fingerprint density at radius 3 is 2.68 bits per heavy atom. The number of carbonyl (C=O) groups is 2. The summed E-state index contributed by atoms with van der Waals surface area (Å²) in [6.07, 6.45) is 2.14. The summed E-state index contributed by atoms with van der Waals surface area (Å²) >= 11 is 2.51. The number of thiazole rings is 1. The van der Waals surface area contributed by atoms with Gasteiger partial charge in [-0.05, 0) is 37.8 Å². The van der Waals surface area contributed by atoms with Crippen molar-refractivity contribution in [2.24, 2.45) is 0 Å².